The highest BCUT2D eigenvalue weighted by molar-refractivity contribution is 9.10. The molecule has 0 aliphatic carbocycles. The third kappa shape index (κ3) is 3.25. The van der Waals surface area contributed by atoms with Crippen molar-refractivity contribution in [2.24, 2.45) is 0 Å². The molecule has 0 bridgehead atoms. The zero-order valence-electron chi connectivity index (χ0n) is 9.09. The molecule has 5 heteroatoms. The molecule has 2 rings (SSSR count). The lowest BCUT2D eigenvalue weighted by molar-refractivity contribution is 0.442. The topological polar surface area (TPSA) is 9.23 Å². The lowest BCUT2D eigenvalue weighted by atomic mass is 10.2. The molecule has 1 nitrogen and oxygen atoms in total. The summed E-state index contributed by atoms with van der Waals surface area (Å²) in [6.07, 6.45) is 0. The normalized spacial score (nSPS) is 10.4. The van der Waals surface area contributed by atoms with E-state index in [0.29, 0.717) is 16.1 Å². The van der Waals surface area contributed by atoms with Crippen molar-refractivity contribution in [2.75, 3.05) is 0 Å². The van der Waals surface area contributed by atoms with E-state index in [1.807, 2.05) is 0 Å². The molecular formula is C13H8Br2ClFO. The maximum absolute atomic E-state index is 13.8. The van der Waals surface area contributed by atoms with Crippen molar-refractivity contribution in [3.05, 3.63) is 57.3 Å². The Balaban J connectivity index is 2.31. The molecule has 0 radical (unpaired) electrons. The number of rotatable bonds is 3. The second-order valence-corrected chi connectivity index (χ2v) is 5.46. The van der Waals surface area contributed by atoms with Gasteiger partial charge in [0.05, 0.1) is 5.02 Å². The molecule has 2 aromatic rings. The first-order valence-electron chi connectivity index (χ1n) is 5.07. The van der Waals surface area contributed by atoms with Crippen LogP contribution in [-0.2, 0) is 5.33 Å². The largest absolute Gasteiger partial charge is 0.453 e. The van der Waals surface area contributed by atoms with Crippen LogP contribution in [0.3, 0.4) is 0 Å². The molecule has 0 amide bonds. The molecule has 0 saturated carbocycles. The van der Waals surface area contributed by atoms with Crippen LogP contribution in [0.4, 0.5) is 4.39 Å². The van der Waals surface area contributed by atoms with Crippen LogP contribution in [0.25, 0.3) is 0 Å². The van der Waals surface area contributed by atoms with Gasteiger partial charge in [0.25, 0.3) is 0 Å². The van der Waals surface area contributed by atoms with Crippen LogP contribution in [0, 0.1) is 5.82 Å². The van der Waals surface area contributed by atoms with E-state index in [2.05, 4.69) is 31.9 Å². The van der Waals surface area contributed by atoms with Crippen molar-refractivity contribution in [1.29, 1.82) is 0 Å². The highest BCUT2D eigenvalue weighted by Crippen LogP contribution is 2.33. The van der Waals surface area contributed by atoms with Gasteiger partial charge in [0.1, 0.15) is 5.75 Å². The molecule has 0 aliphatic rings. The zero-order valence-corrected chi connectivity index (χ0v) is 13.0. The Kier molecular flexibility index (Phi) is 4.65. The van der Waals surface area contributed by atoms with Crippen LogP contribution in [0.15, 0.2) is 40.9 Å². The van der Waals surface area contributed by atoms with E-state index in [1.54, 1.807) is 30.3 Å². The highest BCUT2D eigenvalue weighted by Gasteiger charge is 2.09. The van der Waals surface area contributed by atoms with Gasteiger partial charge >= 0.3 is 0 Å². The molecule has 94 valence electrons. The fourth-order valence-corrected chi connectivity index (χ4v) is 2.23. The van der Waals surface area contributed by atoms with Crippen LogP contribution >= 0.6 is 43.5 Å². The smallest absolute Gasteiger partial charge is 0.166 e. The minimum Gasteiger partial charge on any atom is -0.453 e. The van der Waals surface area contributed by atoms with Gasteiger partial charge in [-0.05, 0) is 35.9 Å². The van der Waals surface area contributed by atoms with E-state index in [9.17, 15) is 4.39 Å². The molecule has 0 N–H and O–H groups in total. The second kappa shape index (κ2) is 6.04. The second-order valence-electron chi connectivity index (χ2n) is 3.58. The summed E-state index contributed by atoms with van der Waals surface area (Å²) in [5, 5.41) is 1.03. The number of hydrogen-bond donors (Lipinski definition) is 0. The maximum Gasteiger partial charge on any atom is 0.166 e. The third-order valence-corrected chi connectivity index (χ3v) is 3.72. The molecule has 0 aromatic heterocycles. The summed E-state index contributed by atoms with van der Waals surface area (Å²) in [6.45, 7) is 0. The Labute approximate surface area is 126 Å². The van der Waals surface area contributed by atoms with E-state index in [4.69, 9.17) is 16.3 Å². The molecular weight excluding hydrogens is 386 g/mol. The van der Waals surface area contributed by atoms with Crippen molar-refractivity contribution < 1.29 is 9.13 Å². The number of hydrogen-bond acceptors (Lipinski definition) is 1. The van der Waals surface area contributed by atoms with Gasteiger partial charge in [-0.2, -0.15) is 0 Å². The average Bonchev–Trinajstić information content (AvgIpc) is 2.36. The Morgan fingerprint density at radius 3 is 2.56 bits per heavy atom. The van der Waals surface area contributed by atoms with Gasteiger partial charge < -0.3 is 4.74 Å². The third-order valence-electron chi connectivity index (χ3n) is 2.26. The fraction of sp³-hybridized carbons (Fsp3) is 0.0769. The van der Waals surface area contributed by atoms with E-state index in [0.717, 1.165) is 10.0 Å². The van der Waals surface area contributed by atoms with Crippen LogP contribution in [0.2, 0.25) is 5.02 Å². The van der Waals surface area contributed by atoms with Gasteiger partial charge in [-0.1, -0.05) is 49.5 Å². The van der Waals surface area contributed by atoms with Crippen molar-refractivity contribution in [1.82, 2.24) is 0 Å². The maximum atomic E-state index is 13.8. The zero-order chi connectivity index (χ0) is 13.1. The molecule has 2 aromatic carbocycles. The molecule has 0 heterocycles. The highest BCUT2D eigenvalue weighted by atomic mass is 79.9. The van der Waals surface area contributed by atoms with Crippen LogP contribution in [0.5, 0.6) is 11.5 Å². The summed E-state index contributed by atoms with van der Waals surface area (Å²) < 4.78 is 20.0. The first-order valence-corrected chi connectivity index (χ1v) is 7.36. The van der Waals surface area contributed by atoms with Gasteiger partial charge in [0.2, 0.25) is 0 Å². The number of alkyl halides is 1. The number of ether oxygens (including phenoxy) is 1. The van der Waals surface area contributed by atoms with Crippen molar-refractivity contribution in [2.45, 2.75) is 5.33 Å². The molecule has 18 heavy (non-hydrogen) atoms. The predicted molar refractivity (Wildman–Crippen MR) is 78.3 cm³/mol. The SMILES string of the molecule is Fc1cc(CBr)ccc1Oc1cc(Br)ccc1Cl. The lowest BCUT2D eigenvalue weighted by Gasteiger charge is -2.09. The summed E-state index contributed by atoms with van der Waals surface area (Å²) in [5.74, 6) is 0.152. The number of halogens is 4. The van der Waals surface area contributed by atoms with Crippen LogP contribution in [-0.4, -0.2) is 0 Å². The van der Waals surface area contributed by atoms with E-state index in [1.165, 1.54) is 6.07 Å². The van der Waals surface area contributed by atoms with Gasteiger partial charge in [-0.3, -0.25) is 0 Å². The summed E-state index contributed by atoms with van der Waals surface area (Å²) in [4.78, 5) is 0. The van der Waals surface area contributed by atoms with E-state index < -0.39 is 5.82 Å². The van der Waals surface area contributed by atoms with Crippen molar-refractivity contribution >= 4 is 43.5 Å². The van der Waals surface area contributed by atoms with E-state index in [-0.39, 0.29) is 5.75 Å². The molecule has 0 unspecified atom stereocenters. The average molecular weight is 394 g/mol. The first kappa shape index (κ1) is 13.8. The summed E-state index contributed by atoms with van der Waals surface area (Å²) in [6, 6.07) is 9.98. The minimum absolute atomic E-state index is 0.153. The first-order chi connectivity index (χ1) is 8.60. The van der Waals surface area contributed by atoms with Gasteiger partial charge in [0, 0.05) is 9.80 Å². The Morgan fingerprint density at radius 2 is 1.89 bits per heavy atom. The monoisotopic (exact) mass is 392 g/mol. The Bertz CT molecular complexity index is 575. The fourth-order valence-electron chi connectivity index (χ4n) is 1.38. The standard InChI is InChI=1S/C13H8Br2ClFO/c14-7-8-1-4-12(11(17)5-8)18-13-6-9(15)2-3-10(13)16/h1-6H,7H2. The van der Waals surface area contributed by atoms with E-state index >= 15 is 0 Å². The Hall–Kier alpha value is -0.580. The van der Waals surface area contributed by atoms with Crippen LogP contribution < -0.4 is 4.74 Å². The molecule has 0 saturated heterocycles. The van der Waals surface area contributed by atoms with Gasteiger partial charge in [0.15, 0.2) is 11.6 Å². The van der Waals surface area contributed by atoms with Crippen LogP contribution in [0.1, 0.15) is 5.56 Å². The quantitative estimate of drug-likeness (QED) is 0.587. The lowest BCUT2D eigenvalue weighted by Crippen LogP contribution is -1.90. The Morgan fingerprint density at radius 1 is 1.11 bits per heavy atom. The van der Waals surface area contributed by atoms with Gasteiger partial charge in [-0.15, -0.1) is 0 Å². The number of benzene rings is 2. The summed E-state index contributed by atoms with van der Waals surface area (Å²) in [5.41, 5.74) is 0.847. The molecule has 0 spiro atoms. The van der Waals surface area contributed by atoms with Crippen molar-refractivity contribution in [3.63, 3.8) is 0 Å². The molecule has 0 fully saturated rings. The summed E-state index contributed by atoms with van der Waals surface area (Å²) in [7, 11) is 0. The summed E-state index contributed by atoms with van der Waals surface area (Å²) >= 11 is 12.6. The molecule has 0 aliphatic heterocycles. The van der Waals surface area contributed by atoms with Gasteiger partial charge in [-0.25, -0.2) is 4.39 Å². The van der Waals surface area contributed by atoms with Crippen molar-refractivity contribution in [3.8, 4) is 11.5 Å². The minimum atomic E-state index is -0.414. The molecule has 0 atom stereocenters. The predicted octanol–water partition coefficient (Wildman–Crippen LogP) is 5.93.